The molecule has 4 nitrogen and oxygen atoms in total. The quantitative estimate of drug-likeness (QED) is 0.548. The Hall–Kier alpha value is -1.42. The van der Waals surface area contributed by atoms with Gasteiger partial charge in [-0.25, -0.2) is 4.98 Å². The Morgan fingerprint density at radius 3 is 2.86 bits per heavy atom. The summed E-state index contributed by atoms with van der Waals surface area (Å²) in [6.07, 6.45) is 6.72. The third-order valence-electron chi connectivity index (χ3n) is 1.65. The van der Waals surface area contributed by atoms with Crippen molar-refractivity contribution < 1.29 is 9.84 Å². The molecule has 0 fully saturated rings. The predicted molar refractivity (Wildman–Crippen MR) is 52.9 cm³/mol. The predicted octanol–water partition coefficient (Wildman–Crippen LogP) is 1.31. The number of aliphatic hydroxyl groups excluding tert-OH is 1. The molecule has 0 spiro atoms. The van der Waals surface area contributed by atoms with Crippen molar-refractivity contribution in [1.82, 2.24) is 9.97 Å². The molecule has 0 bridgehead atoms. The smallest absolute Gasteiger partial charge is 0.232 e. The number of rotatable bonds is 6. The van der Waals surface area contributed by atoms with Crippen LogP contribution in [0.25, 0.3) is 0 Å². The van der Waals surface area contributed by atoms with Gasteiger partial charge in [0.1, 0.15) is 0 Å². The van der Waals surface area contributed by atoms with E-state index >= 15 is 0 Å². The van der Waals surface area contributed by atoms with Crippen molar-refractivity contribution in [3.63, 3.8) is 0 Å². The van der Waals surface area contributed by atoms with E-state index in [9.17, 15) is 0 Å². The SMILES string of the molecule is C=CCCCOc1cnc(CO)cn1. The topological polar surface area (TPSA) is 55.2 Å². The van der Waals surface area contributed by atoms with Gasteiger partial charge >= 0.3 is 0 Å². The van der Waals surface area contributed by atoms with Gasteiger partial charge in [0.15, 0.2) is 0 Å². The van der Waals surface area contributed by atoms with E-state index < -0.39 is 0 Å². The minimum atomic E-state index is -0.0935. The van der Waals surface area contributed by atoms with Crippen LogP contribution in [0.15, 0.2) is 25.0 Å². The van der Waals surface area contributed by atoms with Crippen LogP contribution in [0.4, 0.5) is 0 Å². The van der Waals surface area contributed by atoms with E-state index in [1.54, 1.807) is 0 Å². The first kappa shape index (κ1) is 10.7. The highest BCUT2D eigenvalue weighted by Crippen LogP contribution is 2.04. The fraction of sp³-hybridized carbons (Fsp3) is 0.400. The summed E-state index contributed by atoms with van der Waals surface area (Å²) in [7, 11) is 0. The minimum absolute atomic E-state index is 0.0935. The van der Waals surface area contributed by atoms with Crippen molar-refractivity contribution in [3.05, 3.63) is 30.7 Å². The molecule has 76 valence electrons. The standard InChI is InChI=1S/C10H14N2O2/c1-2-3-4-5-14-10-7-11-9(8-13)6-12-10/h2,6-7,13H,1,3-5,8H2. The molecular weight excluding hydrogens is 180 g/mol. The molecule has 14 heavy (non-hydrogen) atoms. The summed E-state index contributed by atoms with van der Waals surface area (Å²) in [6.45, 7) is 4.13. The van der Waals surface area contributed by atoms with Crippen molar-refractivity contribution in [2.75, 3.05) is 6.61 Å². The zero-order valence-corrected chi connectivity index (χ0v) is 8.02. The van der Waals surface area contributed by atoms with Gasteiger partial charge in [-0.05, 0) is 12.8 Å². The zero-order valence-electron chi connectivity index (χ0n) is 8.02. The Morgan fingerprint density at radius 1 is 1.43 bits per heavy atom. The maximum absolute atomic E-state index is 8.72. The van der Waals surface area contributed by atoms with Crippen LogP contribution in [-0.2, 0) is 6.61 Å². The minimum Gasteiger partial charge on any atom is -0.477 e. The molecule has 1 aromatic rings. The number of allylic oxidation sites excluding steroid dienone is 1. The molecule has 0 unspecified atom stereocenters. The fourth-order valence-corrected chi connectivity index (χ4v) is 0.904. The second-order valence-corrected chi connectivity index (χ2v) is 2.78. The Bertz CT molecular complexity index is 272. The second kappa shape index (κ2) is 6.10. The second-order valence-electron chi connectivity index (χ2n) is 2.78. The molecule has 0 aromatic carbocycles. The Morgan fingerprint density at radius 2 is 2.29 bits per heavy atom. The molecule has 0 aliphatic rings. The van der Waals surface area contributed by atoms with Crippen LogP contribution >= 0.6 is 0 Å². The number of nitrogens with zero attached hydrogens (tertiary/aromatic N) is 2. The average molecular weight is 194 g/mol. The summed E-state index contributed by atoms with van der Waals surface area (Å²) >= 11 is 0. The van der Waals surface area contributed by atoms with Crippen LogP contribution in [0, 0.1) is 0 Å². The highest BCUT2D eigenvalue weighted by atomic mass is 16.5. The first-order chi connectivity index (χ1) is 6.86. The van der Waals surface area contributed by atoms with Gasteiger partial charge in [-0.3, -0.25) is 4.98 Å². The summed E-state index contributed by atoms with van der Waals surface area (Å²) in [5.41, 5.74) is 0.545. The van der Waals surface area contributed by atoms with Crippen molar-refractivity contribution in [2.45, 2.75) is 19.4 Å². The molecular formula is C10H14N2O2. The number of hydrogen-bond acceptors (Lipinski definition) is 4. The largest absolute Gasteiger partial charge is 0.477 e. The lowest BCUT2D eigenvalue weighted by Gasteiger charge is -2.03. The number of aromatic nitrogens is 2. The van der Waals surface area contributed by atoms with E-state index in [1.165, 1.54) is 12.4 Å². The Kier molecular flexibility index (Phi) is 4.64. The third-order valence-corrected chi connectivity index (χ3v) is 1.65. The van der Waals surface area contributed by atoms with Gasteiger partial charge in [-0.15, -0.1) is 6.58 Å². The molecule has 1 heterocycles. The van der Waals surface area contributed by atoms with Gasteiger partial charge in [0, 0.05) is 0 Å². The van der Waals surface area contributed by atoms with Crippen molar-refractivity contribution in [1.29, 1.82) is 0 Å². The van der Waals surface area contributed by atoms with Gasteiger partial charge in [0.05, 0.1) is 31.3 Å². The molecule has 1 N–H and O–H groups in total. The maximum atomic E-state index is 8.72. The van der Waals surface area contributed by atoms with Crippen LogP contribution in [0.5, 0.6) is 5.88 Å². The van der Waals surface area contributed by atoms with Crippen LogP contribution in [0.3, 0.4) is 0 Å². The van der Waals surface area contributed by atoms with Crippen LogP contribution < -0.4 is 4.74 Å². The molecule has 0 radical (unpaired) electrons. The van der Waals surface area contributed by atoms with E-state index in [0.29, 0.717) is 18.2 Å². The van der Waals surface area contributed by atoms with Gasteiger partial charge in [0.25, 0.3) is 0 Å². The lowest BCUT2D eigenvalue weighted by atomic mass is 10.3. The van der Waals surface area contributed by atoms with E-state index in [4.69, 9.17) is 9.84 Å². The van der Waals surface area contributed by atoms with E-state index in [-0.39, 0.29) is 6.61 Å². The third kappa shape index (κ3) is 3.53. The van der Waals surface area contributed by atoms with Gasteiger partial charge in [-0.2, -0.15) is 0 Å². The summed E-state index contributed by atoms with van der Waals surface area (Å²) in [6, 6.07) is 0. The monoisotopic (exact) mass is 194 g/mol. The van der Waals surface area contributed by atoms with Crippen LogP contribution in [-0.4, -0.2) is 21.7 Å². The Balaban J connectivity index is 2.32. The van der Waals surface area contributed by atoms with Gasteiger partial charge in [-0.1, -0.05) is 6.08 Å². The summed E-state index contributed by atoms with van der Waals surface area (Å²) < 4.78 is 5.30. The maximum Gasteiger partial charge on any atom is 0.232 e. The van der Waals surface area contributed by atoms with Gasteiger partial charge < -0.3 is 9.84 Å². The van der Waals surface area contributed by atoms with Crippen molar-refractivity contribution in [3.8, 4) is 5.88 Å². The molecule has 0 atom stereocenters. The van der Waals surface area contributed by atoms with E-state index in [1.807, 2.05) is 6.08 Å². The molecule has 0 saturated carbocycles. The molecule has 0 amide bonds. The first-order valence-electron chi connectivity index (χ1n) is 4.52. The highest BCUT2D eigenvalue weighted by molar-refractivity contribution is 5.06. The summed E-state index contributed by atoms with van der Waals surface area (Å²) in [5.74, 6) is 0.492. The zero-order chi connectivity index (χ0) is 10.2. The summed E-state index contributed by atoms with van der Waals surface area (Å²) in [5, 5.41) is 8.72. The van der Waals surface area contributed by atoms with E-state index in [0.717, 1.165) is 12.8 Å². The number of aliphatic hydroxyl groups is 1. The Labute approximate surface area is 83.3 Å². The van der Waals surface area contributed by atoms with E-state index in [2.05, 4.69) is 16.5 Å². The van der Waals surface area contributed by atoms with Gasteiger partial charge in [0.2, 0.25) is 5.88 Å². The number of ether oxygens (including phenoxy) is 1. The number of hydrogen-bond donors (Lipinski definition) is 1. The lowest BCUT2D eigenvalue weighted by molar-refractivity contribution is 0.272. The van der Waals surface area contributed by atoms with Crippen LogP contribution in [0.2, 0.25) is 0 Å². The summed E-state index contributed by atoms with van der Waals surface area (Å²) in [4.78, 5) is 7.92. The average Bonchev–Trinajstić information content (AvgIpc) is 2.25. The van der Waals surface area contributed by atoms with Crippen LogP contribution in [0.1, 0.15) is 18.5 Å². The lowest BCUT2D eigenvalue weighted by Crippen LogP contribution is -2.00. The molecule has 0 saturated heterocycles. The molecule has 0 aliphatic carbocycles. The number of unbranched alkanes of at least 4 members (excludes halogenated alkanes) is 1. The van der Waals surface area contributed by atoms with Crippen molar-refractivity contribution >= 4 is 0 Å². The first-order valence-corrected chi connectivity index (χ1v) is 4.52. The highest BCUT2D eigenvalue weighted by Gasteiger charge is 1.96. The molecule has 0 aliphatic heterocycles. The molecule has 4 heteroatoms. The molecule has 1 aromatic heterocycles. The normalized spacial score (nSPS) is 9.79. The van der Waals surface area contributed by atoms with Crippen molar-refractivity contribution in [2.24, 2.45) is 0 Å². The molecule has 1 rings (SSSR count). The fourth-order valence-electron chi connectivity index (χ4n) is 0.904.